The molecule has 0 aromatic heterocycles. The minimum Gasteiger partial charge on any atom is -0.345 e. The van der Waals surface area contributed by atoms with Crippen LogP contribution >= 0.6 is 0 Å². The van der Waals surface area contributed by atoms with E-state index < -0.39 is 21.8 Å². The van der Waals surface area contributed by atoms with Crippen LogP contribution < -0.4 is 15.6 Å². The van der Waals surface area contributed by atoms with Crippen molar-refractivity contribution in [1.29, 1.82) is 0 Å². The number of carbonyl (C=O) groups excluding carboxylic acids is 2. The quantitative estimate of drug-likeness (QED) is 0.501. The standard InChI is InChI=1S/C11H13N3O4S/c15-10(12-8-6-7-8)11(16)13-14-19(17,18)9-4-2-1-3-5-9/h1-5,8,14H,6-7H2,(H,12,15)(H,13,16). The minimum absolute atomic E-state index is 0.00194. The van der Waals surface area contributed by atoms with Crippen molar-refractivity contribution in [2.45, 2.75) is 23.8 Å². The van der Waals surface area contributed by atoms with Crippen LogP contribution in [0.3, 0.4) is 0 Å². The van der Waals surface area contributed by atoms with E-state index in [4.69, 9.17) is 0 Å². The first kappa shape index (κ1) is 13.5. The van der Waals surface area contributed by atoms with Crippen molar-refractivity contribution in [1.82, 2.24) is 15.6 Å². The summed E-state index contributed by atoms with van der Waals surface area (Å²) in [6.07, 6.45) is 1.68. The van der Waals surface area contributed by atoms with Gasteiger partial charge in [0.15, 0.2) is 0 Å². The highest BCUT2D eigenvalue weighted by atomic mass is 32.2. The van der Waals surface area contributed by atoms with E-state index in [0.717, 1.165) is 12.8 Å². The van der Waals surface area contributed by atoms with E-state index in [1.807, 2.05) is 10.3 Å². The summed E-state index contributed by atoms with van der Waals surface area (Å²) in [7, 11) is -3.86. The Labute approximate surface area is 110 Å². The molecule has 1 aromatic rings. The van der Waals surface area contributed by atoms with Gasteiger partial charge in [-0.3, -0.25) is 15.0 Å². The van der Waals surface area contributed by atoms with E-state index in [2.05, 4.69) is 5.32 Å². The normalized spacial score (nSPS) is 14.7. The monoisotopic (exact) mass is 283 g/mol. The Morgan fingerprint density at radius 3 is 2.26 bits per heavy atom. The molecular formula is C11H13N3O4S. The molecular weight excluding hydrogens is 270 g/mol. The molecule has 7 nitrogen and oxygen atoms in total. The van der Waals surface area contributed by atoms with Crippen LogP contribution in [0.15, 0.2) is 35.2 Å². The van der Waals surface area contributed by atoms with Crippen molar-refractivity contribution in [2.24, 2.45) is 0 Å². The molecule has 0 bridgehead atoms. The van der Waals surface area contributed by atoms with Crippen LogP contribution in [0.4, 0.5) is 0 Å². The highest BCUT2D eigenvalue weighted by Gasteiger charge is 2.27. The third kappa shape index (κ3) is 3.76. The highest BCUT2D eigenvalue weighted by Crippen LogP contribution is 2.18. The molecule has 0 atom stereocenters. The second-order valence-electron chi connectivity index (χ2n) is 4.12. The lowest BCUT2D eigenvalue weighted by Crippen LogP contribution is -2.48. The van der Waals surface area contributed by atoms with Gasteiger partial charge in [-0.15, -0.1) is 4.83 Å². The van der Waals surface area contributed by atoms with Gasteiger partial charge in [-0.2, -0.15) is 0 Å². The summed E-state index contributed by atoms with van der Waals surface area (Å²) in [5.41, 5.74) is 1.87. The zero-order chi connectivity index (χ0) is 13.9. The summed E-state index contributed by atoms with van der Waals surface area (Å²) in [4.78, 5) is 24.5. The van der Waals surface area contributed by atoms with Gasteiger partial charge < -0.3 is 5.32 Å². The molecule has 0 radical (unpaired) electrons. The molecule has 1 aliphatic carbocycles. The Balaban J connectivity index is 1.90. The van der Waals surface area contributed by atoms with Gasteiger partial charge >= 0.3 is 11.8 Å². The van der Waals surface area contributed by atoms with Gasteiger partial charge in [0.2, 0.25) is 0 Å². The summed E-state index contributed by atoms with van der Waals surface area (Å²) in [5, 5.41) is 2.44. The molecule has 0 saturated heterocycles. The fourth-order valence-electron chi connectivity index (χ4n) is 1.31. The van der Waals surface area contributed by atoms with E-state index in [-0.39, 0.29) is 10.9 Å². The first-order valence-corrected chi connectivity index (χ1v) is 7.15. The molecule has 1 aromatic carbocycles. The Hall–Kier alpha value is -1.93. The zero-order valence-electron chi connectivity index (χ0n) is 9.92. The van der Waals surface area contributed by atoms with E-state index in [1.165, 1.54) is 12.1 Å². The minimum atomic E-state index is -3.86. The maximum Gasteiger partial charge on any atom is 0.324 e. The predicted octanol–water partition coefficient (Wildman–Crippen LogP) is -0.725. The number of hydrazine groups is 1. The van der Waals surface area contributed by atoms with E-state index in [9.17, 15) is 18.0 Å². The molecule has 1 saturated carbocycles. The molecule has 3 N–H and O–H groups in total. The molecule has 2 amide bonds. The van der Waals surface area contributed by atoms with Gasteiger partial charge in [0.1, 0.15) is 0 Å². The number of benzene rings is 1. The Bertz CT molecular complexity index is 581. The molecule has 102 valence electrons. The van der Waals surface area contributed by atoms with Crippen LogP contribution in [0.1, 0.15) is 12.8 Å². The maximum atomic E-state index is 11.7. The summed E-state index contributed by atoms with van der Waals surface area (Å²) in [6, 6.07) is 7.55. The summed E-state index contributed by atoms with van der Waals surface area (Å²) < 4.78 is 23.5. The first-order valence-electron chi connectivity index (χ1n) is 5.67. The van der Waals surface area contributed by atoms with E-state index in [0.29, 0.717) is 0 Å². The van der Waals surface area contributed by atoms with Crippen molar-refractivity contribution in [2.75, 3.05) is 0 Å². The Kier molecular flexibility index (Phi) is 3.82. The number of hydrogen-bond acceptors (Lipinski definition) is 4. The van der Waals surface area contributed by atoms with Crippen LogP contribution in [-0.2, 0) is 19.6 Å². The third-order valence-electron chi connectivity index (χ3n) is 2.47. The number of nitrogens with one attached hydrogen (secondary N) is 3. The predicted molar refractivity (Wildman–Crippen MR) is 66.1 cm³/mol. The Morgan fingerprint density at radius 2 is 1.68 bits per heavy atom. The lowest BCUT2D eigenvalue weighted by atomic mass is 10.4. The van der Waals surface area contributed by atoms with Crippen molar-refractivity contribution in [3.05, 3.63) is 30.3 Å². The van der Waals surface area contributed by atoms with Gasteiger partial charge in [0, 0.05) is 6.04 Å². The zero-order valence-corrected chi connectivity index (χ0v) is 10.7. The van der Waals surface area contributed by atoms with Gasteiger partial charge in [-0.05, 0) is 25.0 Å². The fourth-order valence-corrected chi connectivity index (χ4v) is 2.17. The number of hydrogen-bond donors (Lipinski definition) is 3. The number of rotatable bonds is 4. The first-order chi connectivity index (χ1) is 8.99. The van der Waals surface area contributed by atoms with Crippen molar-refractivity contribution in [3.8, 4) is 0 Å². The summed E-state index contributed by atoms with van der Waals surface area (Å²) >= 11 is 0. The van der Waals surface area contributed by atoms with Crippen molar-refractivity contribution < 1.29 is 18.0 Å². The fraction of sp³-hybridized carbons (Fsp3) is 0.273. The second-order valence-corrected chi connectivity index (χ2v) is 5.80. The van der Waals surface area contributed by atoms with Gasteiger partial charge in [-0.1, -0.05) is 18.2 Å². The molecule has 0 aliphatic heterocycles. The third-order valence-corrected chi connectivity index (χ3v) is 3.73. The van der Waals surface area contributed by atoms with Crippen molar-refractivity contribution >= 4 is 21.8 Å². The molecule has 8 heteroatoms. The van der Waals surface area contributed by atoms with Crippen LogP contribution in [0.2, 0.25) is 0 Å². The summed E-state index contributed by atoms with van der Waals surface area (Å²) in [5.74, 6) is -1.88. The lowest BCUT2D eigenvalue weighted by molar-refractivity contribution is -0.139. The molecule has 1 aliphatic rings. The van der Waals surface area contributed by atoms with Gasteiger partial charge in [0.05, 0.1) is 4.90 Å². The number of sulfonamides is 1. The second kappa shape index (κ2) is 5.37. The average molecular weight is 283 g/mol. The average Bonchev–Trinajstić information content (AvgIpc) is 3.21. The van der Waals surface area contributed by atoms with E-state index in [1.54, 1.807) is 18.2 Å². The molecule has 0 heterocycles. The molecule has 0 unspecified atom stereocenters. The van der Waals surface area contributed by atoms with Crippen LogP contribution in [0, 0.1) is 0 Å². The molecule has 0 spiro atoms. The number of amides is 2. The van der Waals surface area contributed by atoms with Crippen LogP contribution in [0.25, 0.3) is 0 Å². The molecule has 19 heavy (non-hydrogen) atoms. The summed E-state index contributed by atoms with van der Waals surface area (Å²) in [6.45, 7) is 0. The smallest absolute Gasteiger partial charge is 0.324 e. The lowest BCUT2D eigenvalue weighted by Gasteiger charge is -2.08. The van der Waals surface area contributed by atoms with Crippen LogP contribution in [0.5, 0.6) is 0 Å². The van der Waals surface area contributed by atoms with Gasteiger partial charge in [0.25, 0.3) is 10.0 Å². The maximum absolute atomic E-state index is 11.7. The molecule has 1 fully saturated rings. The molecule has 2 rings (SSSR count). The van der Waals surface area contributed by atoms with Crippen LogP contribution in [-0.4, -0.2) is 26.3 Å². The van der Waals surface area contributed by atoms with Crippen molar-refractivity contribution in [3.63, 3.8) is 0 Å². The van der Waals surface area contributed by atoms with E-state index >= 15 is 0 Å². The SMILES string of the molecule is O=C(NNS(=O)(=O)c1ccccc1)C(=O)NC1CC1. The highest BCUT2D eigenvalue weighted by molar-refractivity contribution is 7.89. The van der Waals surface area contributed by atoms with Gasteiger partial charge in [-0.25, -0.2) is 8.42 Å². The largest absolute Gasteiger partial charge is 0.345 e. The topological polar surface area (TPSA) is 104 Å². The Morgan fingerprint density at radius 1 is 1.05 bits per heavy atom. The number of carbonyl (C=O) groups is 2.